The number of ether oxygens (including phenoxy) is 2. The molecule has 0 radical (unpaired) electrons. The van der Waals surface area contributed by atoms with E-state index in [0.717, 1.165) is 68.8 Å². The summed E-state index contributed by atoms with van der Waals surface area (Å²) in [6.07, 6.45) is 3.11. The van der Waals surface area contributed by atoms with Gasteiger partial charge in [0.25, 0.3) is 0 Å². The highest BCUT2D eigenvalue weighted by molar-refractivity contribution is 7.13. The normalized spacial score (nSPS) is 17.2. The van der Waals surface area contributed by atoms with Gasteiger partial charge in [0, 0.05) is 50.7 Å². The van der Waals surface area contributed by atoms with Crippen LogP contribution in [0.5, 0.6) is 0 Å². The smallest absolute Gasteiger partial charge is 0.190 e. The first kappa shape index (κ1) is 19.8. The van der Waals surface area contributed by atoms with E-state index in [0.29, 0.717) is 0 Å². The Bertz CT molecular complexity index is 699. The van der Waals surface area contributed by atoms with Crippen molar-refractivity contribution >= 4 is 17.3 Å². The van der Waals surface area contributed by atoms with Gasteiger partial charge in [-0.15, -0.1) is 11.3 Å². The van der Waals surface area contributed by atoms with E-state index in [9.17, 15) is 0 Å². The number of hydrogen-bond donors (Lipinski definition) is 2. The first-order valence-electron chi connectivity index (χ1n) is 9.49. The fourth-order valence-electron chi connectivity index (χ4n) is 2.84. The van der Waals surface area contributed by atoms with Gasteiger partial charge in [0.2, 0.25) is 0 Å². The largest absolute Gasteiger partial charge is 0.379 e. The van der Waals surface area contributed by atoms with E-state index in [2.05, 4.69) is 33.1 Å². The molecule has 0 bridgehead atoms. The van der Waals surface area contributed by atoms with Crippen LogP contribution in [0.2, 0.25) is 0 Å². The fraction of sp³-hybridized carbons (Fsp3) is 0.500. The summed E-state index contributed by atoms with van der Waals surface area (Å²) in [6, 6.07) is 10.3. The zero-order chi connectivity index (χ0) is 18.7. The Labute approximate surface area is 165 Å². The van der Waals surface area contributed by atoms with Crippen LogP contribution in [0, 0.1) is 0 Å². The van der Waals surface area contributed by atoms with Gasteiger partial charge in [0.1, 0.15) is 5.01 Å². The van der Waals surface area contributed by atoms with Crippen LogP contribution in [0.1, 0.15) is 18.5 Å². The lowest BCUT2D eigenvalue weighted by atomic mass is 10.2. The molecule has 3 rings (SSSR count). The third kappa shape index (κ3) is 6.61. The Morgan fingerprint density at radius 1 is 1.30 bits per heavy atom. The maximum absolute atomic E-state index is 5.76. The molecule has 1 aromatic heterocycles. The van der Waals surface area contributed by atoms with Crippen LogP contribution in [0.4, 0.5) is 0 Å². The van der Waals surface area contributed by atoms with Gasteiger partial charge in [-0.1, -0.05) is 30.3 Å². The minimum absolute atomic E-state index is 0.279. The molecule has 1 saturated heterocycles. The first-order chi connectivity index (χ1) is 13.3. The van der Waals surface area contributed by atoms with E-state index in [4.69, 9.17) is 14.5 Å². The van der Waals surface area contributed by atoms with Gasteiger partial charge >= 0.3 is 0 Å². The molecule has 2 N–H and O–H groups in total. The molecule has 0 saturated carbocycles. The van der Waals surface area contributed by atoms with Crippen molar-refractivity contribution in [1.29, 1.82) is 0 Å². The molecular weight excluding hydrogens is 360 g/mol. The number of rotatable bonds is 9. The molecule has 6 nitrogen and oxygen atoms in total. The summed E-state index contributed by atoms with van der Waals surface area (Å²) in [7, 11) is 1.79. The Hall–Kier alpha value is -1.96. The van der Waals surface area contributed by atoms with E-state index in [-0.39, 0.29) is 6.10 Å². The molecule has 0 aliphatic carbocycles. The molecule has 1 aliphatic rings. The number of thiazole rings is 1. The van der Waals surface area contributed by atoms with Gasteiger partial charge in [-0.25, -0.2) is 4.98 Å². The highest BCUT2D eigenvalue weighted by Gasteiger charge is 2.15. The van der Waals surface area contributed by atoms with Gasteiger partial charge in [0.05, 0.1) is 18.4 Å². The second-order valence-corrected chi connectivity index (χ2v) is 7.25. The summed E-state index contributed by atoms with van der Waals surface area (Å²) >= 11 is 1.69. The molecule has 7 heteroatoms. The summed E-state index contributed by atoms with van der Waals surface area (Å²) < 4.78 is 11.1. The second kappa shape index (κ2) is 11.0. The number of aliphatic imine (C=N–C) groups is 1. The van der Waals surface area contributed by atoms with Crippen molar-refractivity contribution < 1.29 is 9.47 Å². The Kier molecular flexibility index (Phi) is 8.07. The van der Waals surface area contributed by atoms with Crippen molar-refractivity contribution in [2.45, 2.75) is 25.4 Å². The van der Waals surface area contributed by atoms with E-state index < -0.39 is 0 Å². The topological polar surface area (TPSA) is 67.8 Å². The van der Waals surface area contributed by atoms with Gasteiger partial charge in [0.15, 0.2) is 5.96 Å². The van der Waals surface area contributed by atoms with E-state index >= 15 is 0 Å². The Morgan fingerprint density at radius 2 is 2.15 bits per heavy atom. The lowest BCUT2D eigenvalue weighted by Gasteiger charge is -2.13. The van der Waals surface area contributed by atoms with Crippen LogP contribution in [0.25, 0.3) is 10.6 Å². The molecule has 1 aliphatic heterocycles. The van der Waals surface area contributed by atoms with E-state index in [1.807, 2.05) is 18.2 Å². The number of guanidine groups is 1. The van der Waals surface area contributed by atoms with Crippen LogP contribution in [-0.2, 0) is 15.9 Å². The molecule has 27 heavy (non-hydrogen) atoms. The van der Waals surface area contributed by atoms with Crippen LogP contribution in [-0.4, -0.2) is 57.0 Å². The Morgan fingerprint density at radius 3 is 2.93 bits per heavy atom. The third-order valence-electron chi connectivity index (χ3n) is 4.32. The van der Waals surface area contributed by atoms with Crippen molar-refractivity contribution in [2.75, 3.05) is 40.0 Å². The van der Waals surface area contributed by atoms with Crippen molar-refractivity contribution in [2.24, 2.45) is 4.99 Å². The van der Waals surface area contributed by atoms with E-state index in [1.165, 1.54) is 5.56 Å². The molecule has 1 atom stereocenters. The summed E-state index contributed by atoms with van der Waals surface area (Å²) in [5.41, 5.74) is 2.28. The van der Waals surface area contributed by atoms with Crippen LogP contribution < -0.4 is 10.6 Å². The van der Waals surface area contributed by atoms with Gasteiger partial charge in [-0.2, -0.15) is 0 Å². The monoisotopic (exact) mass is 388 g/mol. The molecule has 1 aromatic carbocycles. The highest BCUT2D eigenvalue weighted by atomic mass is 32.1. The zero-order valence-corrected chi connectivity index (χ0v) is 16.6. The SMILES string of the molecule is CN=C(NCCCOC1CCOC1)NCCc1csc(-c2ccccc2)n1. The highest BCUT2D eigenvalue weighted by Crippen LogP contribution is 2.23. The molecule has 0 amide bonds. The first-order valence-corrected chi connectivity index (χ1v) is 10.4. The Balaban J connectivity index is 1.31. The zero-order valence-electron chi connectivity index (χ0n) is 15.8. The fourth-order valence-corrected chi connectivity index (χ4v) is 3.70. The molecule has 1 unspecified atom stereocenters. The average molecular weight is 389 g/mol. The average Bonchev–Trinajstić information content (AvgIpc) is 3.39. The van der Waals surface area contributed by atoms with Gasteiger partial charge in [-0.05, 0) is 12.8 Å². The van der Waals surface area contributed by atoms with Crippen LogP contribution in [0.15, 0.2) is 40.7 Å². The molecule has 2 aromatic rings. The summed E-state index contributed by atoms with van der Waals surface area (Å²) in [5.74, 6) is 0.817. The predicted octanol–water partition coefficient (Wildman–Crippen LogP) is 2.71. The molecule has 1 fully saturated rings. The maximum Gasteiger partial charge on any atom is 0.190 e. The number of aromatic nitrogens is 1. The standard InChI is InChI=1S/C20H28N4O2S/c1-21-20(22-10-5-12-26-18-9-13-25-14-18)23-11-8-17-15-27-19(24-17)16-6-3-2-4-7-16/h2-4,6-7,15,18H,5,8-14H2,1H3,(H2,21,22,23). The maximum atomic E-state index is 5.76. The summed E-state index contributed by atoms with van der Waals surface area (Å²) in [4.78, 5) is 8.98. The number of benzene rings is 1. The van der Waals surface area contributed by atoms with Crippen LogP contribution >= 0.6 is 11.3 Å². The minimum atomic E-state index is 0.279. The molecule has 2 heterocycles. The van der Waals surface area contributed by atoms with Crippen molar-refractivity contribution in [3.8, 4) is 10.6 Å². The van der Waals surface area contributed by atoms with Crippen LogP contribution in [0.3, 0.4) is 0 Å². The van der Waals surface area contributed by atoms with Crippen molar-refractivity contribution in [1.82, 2.24) is 15.6 Å². The quantitative estimate of drug-likeness (QED) is 0.393. The van der Waals surface area contributed by atoms with Crippen molar-refractivity contribution in [3.63, 3.8) is 0 Å². The lowest BCUT2D eigenvalue weighted by Crippen LogP contribution is -2.39. The predicted molar refractivity (Wildman–Crippen MR) is 110 cm³/mol. The third-order valence-corrected chi connectivity index (χ3v) is 5.26. The number of nitrogens with one attached hydrogen (secondary N) is 2. The summed E-state index contributed by atoms with van der Waals surface area (Å²) in [5, 5.41) is 9.86. The number of nitrogens with zero attached hydrogens (tertiary/aromatic N) is 2. The summed E-state index contributed by atoms with van der Waals surface area (Å²) in [6.45, 7) is 3.94. The minimum Gasteiger partial charge on any atom is -0.379 e. The van der Waals surface area contributed by atoms with E-state index in [1.54, 1.807) is 18.4 Å². The molecule has 146 valence electrons. The second-order valence-electron chi connectivity index (χ2n) is 6.40. The molecular formula is C20H28N4O2S. The van der Waals surface area contributed by atoms with Gasteiger partial charge < -0.3 is 20.1 Å². The number of hydrogen-bond acceptors (Lipinski definition) is 5. The lowest BCUT2D eigenvalue weighted by molar-refractivity contribution is 0.0420. The van der Waals surface area contributed by atoms with Gasteiger partial charge in [-0.3, -0.25) is 4.99 Å². The van der Waals surface area contributed by atoms with Crippen molar-refractivity contribution in [3.05, 3.63) is 41.4 Å². The molecule has 0 spiro atoms.